The Morgan fingerprint density at radius 3 is 2.78 bits per heavy atom. The molecule has 1 heterocycles. The Bertz CT molecular complexity index is 443. The number of thioether (sulfide) groups is 1. The Labute approximate surface area is 118 Å². The van der Waals surface area contributed by atoms with Gasteiger partial charge in [-0.25, -0.2) is 13.1 Å². The van der Waals surface area contributed by atoms with Crippen molar-refractivity contribution in [2.75, 3.05) is 31.6 Å². The second kappa shape index (κ2) is 8.16. The van der Waals surface area contributed by atoms with E-state index in [1.165, 1.54) is 11.3 Å². The highest BCUT2D eigenvalue weighted by molar-refractivity contribution is 7.98. The summed E-state index contributed by atoms with van der Waals surface area (Å²) in [5.41, 5.74) is 0. The third-order valence-corrected chi connectivity index (χ3v) is 6.01. The fourth-order valence-electron chi connectivity index (χ4n) is 1.37. The molecule has 0 aromatic carbocycles. The Hall–Kier alpha value is -0.0800. The summed E-state index contributed by atoms with van der Waals surface area (Å²) >= 11 is 2.98. The summed E-state index contributed by atoms with van der Waals surface area (Å²) < 4.78 is 26.9. The molecule has 0 aliphatic heterocycles. The first-order chi connectivity index (χ1) is 8.60. The summed E-state index contributed by atoms with van der Waals surface area (Å²) in [5, 5.41) is 3.23. The third-order valence-electron chi connectivity index (χ3n) is 2.30. The highest BCUT2D eigenvalue weighted by atomic mass is 32.2. The molecule has 0 spiro atoms. The number of thiophene rings is 1. The maximum Gasteiger partial charge on any atom is 0.250 e. The van der Waals surface area contributed by atoms with Gasteiger partial charge in [0, 0.05) is 17.2 Å². The molecule has 0 aliphatic carbocycles. The Balaban J connectivity index is 2.55. The van der Waals surface area contributed by atoms with E-state index in [-0.39, 0.29) is 0 Å². The number of nitrogens with one attached hydrogen (secondary N) is 2. The molecule has 0 atom stereocenters. The van der Waals surface area contributed by atoms with E-state index in [1.807, 2.05) is 12.3 Å². The molecule has 1 rings (SSSR count). The minimum atomic E-state index is -3.31. The van der Waals surface area contributed by atoms with E-state index in [0.29, 0.717) is 10.8 Å². The number of sulfonamides is 1. The highest BCUT2D eigenvalue weighted by Gasteiger charge is 2.15. The van der Waals surface area contributed by atoms with Crippen molar-refractivity contribution in [1.29, 1.82) is 0 Å². The van der Waals surface area contributed by atoms with E-state index >= 15 is 0 Å². The van der Waals surface area contributed by atoms with E-state index in [4.69, 9.17) is 0 Å². The molecule has 0 bridgehead atoms. The summed E-state index contributed by atoms with van der Waals surface area (Å²) in [5.74, 6) is 0.790. The van der Waals surface area contributed by atoms with E-state index in [0.717, 1.165) is 30.1 Å². The van der Waals surface area contributed by atoms with Crippen LogP contribution in [0.4, 0.5) is 0 Å². The van der Waals surface area contributed by atoms with Crippen LogP contribution in [0.15, 0.2) is 16.3 Å². The molecule has 7 heteroatoms. The summed E-state index contributed by atoms with van der Waals surface area (Å²) in [7, 11) is -3.31. The van der Waals surface area contributed by atoms with Crippen LogP contribution >= 0.6 is 23.1 Å². The quantitative estimate of drug-likeness (QED) is 0.680. The van der Waals surface area contributed by atoms with E-state index in [9.17, 15) is 8.42 Å². The van der Waals surface area contributed by atoms with Crippen LogP contribution in [-0.2, 0) is 16.4 Å². The van der Waals surface area contributed by atoms with Gasteiger partial charge in [0.15, 0.2) is 0 Å². The second-order valence-corrected chi connectivity index (χ2v) is 7.86. The van der Waals surface area contributed by atoms with Gasteiger partial charge in [-0.2, -0.15) is 11.8 Å². The van der Waals surface area contributed by atoms with Gasteiger partial charge in [0.2, 0.25) is 10.0 Å². The zero-order valence-electron chi connectivity index (χ0n) is 10.7. The minimum absolute atomic E-state index is 0.412. The van der Waals surface area contributed by atoms with Crippen LogP contribution in [0.25, 0.3) is 0 Å². The maximum atomic E-state index is 11.9. The lowest BCUT2D eigenvalue weighted by atomic mass is 10.3. The Morgan fingerprint density at radius 2 is 2.11 bits per heavy atom. The molecular formula is C11H20N2O2S3. The first-order valence-corrected chi connectivity index (χ1v) is 9.57. The maximum absolute atomic E-state index is 11.9. The number of rotatable bonds is 9. The van der Waals surface area contributed by atoms with Gasteiger partial charge in [0.25, 0.3) is 0 Å². The SMILES string of the molecule is CCNCCc1ccc(S(=O)(=O)NCCSC)s1. The van der Waals surface area contributed by atoms with Crippen molar-refractivity contribution in [2.45, 2.75) is 17.6 Å². The summed E-state index contributed by atoms with van der Waals surface area (Å²) in [6.07, 6.45) is 2.83. The molecule has 1 aromatic rings. The van der Waals surface area contributed by atoms with Gasteiger partial charge < -0.3 is 5.32 Å². The van der Waals surface area contributed by atoms with Gasteiger partial charge in [-0.05, 0) is 37.9 Å². The van der Waals surface area contributed by atoms with Gasteiger partial charge in [0.05, 0.1) is 0 Å². The molecule has 0 saturated heterocycles. The zero-order chi connectivity index (χ0) is 13.4. The van der Waals surface area contributed by atoms with Crippen molar-refractivity contribution in [3.63, 3.8) is 0 Å². The fourth-order valence-corrected chi connectivity index (χ4v) is 4.24. The van der Waals surface area contributed by atoms with Crippen molar-refractivity contribution in [1.82, 2.24) is 10.0 Å². The van der Waals surface area contributed by atoms with Crippen molar-refractivity contribution < 1.29 is 8.42 Å². The molecule has 104 valence electrons. The summed E-state index contributed by atoms with van der Waals surface area (Å²) in [6.45, 7) is 4.36. The van der Waals surface area contributed by atoms with Crippen molar-refractivity contribution in [2.24, 2.45) is 0 Å². The van der Waals surface area contributed by atoms with Crippen molar-refractivity contribution in [3.8, 4) is 0 Å². The van der Waals surface area contributed by atoms with Crippen LogP contribution in [0, 0.1) is 0 Å². The van der Waals surface area contributed by atoms with Crippen molar-refractivity contribution >= 4 is 33.1 Å². The van der Waals surface area contributed by atoms with Gasteiger partial charge in [-0.1, -0.05) is 6.92 Å². The molecule has 0 unspecified atom stereocenters. The Kier molecular flexibility index (Phi) is 7.25. The first-order valence-electron chi connectivity index (χ1n) is 5.88. The summed E-state index contributed by atoms with van der Waals surface area (Å²) in [6, 6.07) is 3.58. The average molecular weight is 308 g/mol. The largest absolute Gasteiger partial charge is 0.317 e. The predicted octanol–water partition coefficient (Wildman–Crippen LogP) is 1.54. The minimum Gasteiger partial charge on any atom is -0.317 e. The van der Waals surface area contributed by atoms with Gasteiger partial charge in [0.1, 0.15) is 4.21 Å². The van der Waals surface area contributed by atoms with Gasteiger partial charge in [-0.3, -0.25) is 0 Å². The molecule has 4 nitrogen and oxygen atoms in total. The monoisotopic (exact) mass is 308 g/mol. The van der Waals surface area contributed by atoms with Crippen LogP contribution in [0.5, 0.6) is 0 Å². The van der Waals surface area contributed by atoms with Crippen LogP contribution in [0.2, 0.25) is 0 Å². The van der Waals surface area contributed by atoms with E-state index in [1.54, 1.807) is 17.8 Å². The normalized spacial score (nSPS) is 11.9. The summed E-state index contributed by atoms with van der Waals surface area (Å²) in [4.78, 5) is 1.10. The van der Waals surface area contributed by atoms with Gasteiger partial charge in [-0.15, -0.1) is 11.3 Å². The van der Waals surface area contributed by atoms with Crippen LogP contribution in [0.1, 0.15) is 11.8 Å². The molecular weight excluding hydrogens is 288 g/mol. The molecule has 1 aromatic heterocycles. The number of hydrogen-bond donors (Lipinski definition) is 2. The standard InChI is InChI=1S/C11H20N2O2S3/c1-3-12-7-6-10-4-5-11(17-10)18(14,15)13-8-9-16-2/h4-5,12-13H,3,6-9H2,1-2H3. The topological polar surface area (TPSA) is 58.2 Å². The second-order valence-electron chi connectivity index (χ2n) is 3.71. The Morgan fingerprint density at radius 1 is 1.33 bits per heavy atom. The molecule has 0 fully saturated rings. The number of likely N-dealkylation sites (N-methyl/N-ethyl adjacent to an activating group) is 1. The molecule has 0 amide bonds. The van der Waals surface area contributed by atoms with Crippen LogP contribution in [0.3, 0.4) is 0 Å². The lowest BCUT2D eigenvalue weighted by Gasteiger charge is -2.03. The van der Waals surface area contributed by atoms with Crippen LogP contribution < -0.4 is 10.0 Å². The van der Waals surface area contributed by atoms with Crippen LogP contribution in [-0.4, -0.2) is 40.1 Å². The third kappa shape index (κ3) is 5.27. The molecule has 18 heavy (non-hydrogen) atoms. The molecule has 0 radical (unpaired) electrons. The smallest absolute Gasteiger partial charge is 0.250 e. The molecule has 2 N–H and O–H groups in total. The molecule has 0 saturated carbocycles. The van der Waals surface area contributed by atoms with Gasteiger partial charge >= 0.3 is 0 Å². The van der Waals surface area contributed by atoms with Crippen molar-refractivity contribution in [3.05, 3.63) is 17.0 Å². The molecule has 0 aliphatic rings. The first kappa shape index (κ1) is 16.0. The lowest BCUT2D eigenvalue weighted by Crippen LogP contribution is -2.25. The fraction of sp³-hybridized carbons (Fsp3) is 0.636. The highest BCUT2D eigenvalue weighted by Crippen LogP contribution is 2.21. The lowest BCUT2D eigenvalue weighted by molar-refractivity contribution is 0.586. The van der Waals surface area contributed by atoms with E-state index < -0.39 is 10.0 Å². The average Bonchev–Trinajstić information content (AvgIpc) is 2.79. The van der Waals surface area contributed by atoms with E-state index in [2.05, 4.69) is 17.0 Å². The predicted molar refractivity (Wildman–Crippen MR) is 80.1 cm³/mol. The zero-order valence-corrected chi connectivity index (χ0v) is 13.2. The number of hydrogen-bond acceptors (Lipinski definition) is 5.